The summed E-state index contributed by atoms with van der Waals surface area (Å²) in [6, 6.07) is 48.1. The molecule has 5 rings (SSSR count). The van der Waals surface area contributed by atoms with E-state index in [0.29, 0.717) is 13.1 Å². The number of aliphatic imine (C=N–C) groups is 2. The average Bonchev–Trinajstić information content (AvgIpc) is 2.97. The average molecular weight is 480 g/mol. The Morgan fingerprint density at radius 3 is 1.16 bits per heavy atom. The monoisotopic (exact) mass is 479 g/mol. The fourth-order valence-electron chi connectivity index (χ4n) is 4.12. The molecule has 5 aromatic rings. The van der Waals surface area contributed by atoms with Gasteiger partial charge in [0, 0.05) is 29.5 Å². The van der Waals surface area contributed by atoms with Crippen LogP contribution in [0.15, 0.2) is 150 Å². The Morgan fingerprint density at radius 1 is 0.405 bits per heavy atom. The molecule has 3 heteroatoms. The Morgan fingerprint density at radius 2 is 0.757 bits per heavy atom. The maximum Gasteiger partial charge on any atom is 0.0639 e. The molecule has 180 valence electrons. The van der Waals surface area contributed by atoms with Crippen molar-refractivity contribution in [2.75, 3.05) is 4.90 Å². The van der Waals surface area contributed by atoms with Crippen molar-refractivity contribution >= 4 is 29.5 Å². The summed E-state index contributed by atoms with van der Waals surface area (Å²) in [5, 5.41) is 0. The fourth-order valence-corrected chi connectivity index (χ4v) is 4.12. The second-order valence-electron chi connectivity index (χ2n) is 8.76. The molecular formula is C34H29N3. The summed E-state index contributed by atoms with van der Waals surface area (Å²) in [7, 11) is 0. The van der Waals surface area contributed by atoms with Crippen molar-refractivity contribution in [1.82, 2.24) is 0 Å². The minimum Gasteiger partial charge on any atom is -0.311 e. The molecule has 0 atom stereocenters. The van der Waals surface area contributed by atoms with E-state index in [1.807, 2.05) is 54.9 Å². The van der Waals surface area contributed by atoms with E-state index in [1.165, 1.54) is 11.1 Å². The van der Waals surface area contributed by atoms with Crippen LogP contribution in [0.3, 0.4) is 0 Å². The summed E-state index contributed by atoms with van der Waals surface area (Å²) < 4.78 is 0. The zero-order chi connectivity index (χ0) is 25.1. The van der Waals surface area contributed by atoms with Crippen molar-refractivity contribution < 1.29 is 0 Å². The Hall–Kier alpha value is -4.76. The Balaban J connectivity index is 1.32. The van der Waals surface area contributed by atoms with Gasteiger partial charge in [-0.25, -0.2) is 0 Å². The fraction of sp³-hybridized carbons (Fsp3) is 0.0588. The van der Waals surface area contributed by atoms with Gasteiger partial charge in [0.05, 0.1) is 13.1 Å². The summed E-state index contributed by atoms with van der Waals surface area (Å²) in [5.74, 6) is 0. The molecule has 0 fully saturated rings. The van der Waals surface area contributed by atoms with Crippen LogP contribution in [0, 0.1) is 0 Å². The highest BCUT2D eigenvalue weighted by Crippen LogP contribution is 2.34. The first-order chi connectivity index (χ1) is 18.3. The van der Waals surface area contributed by atoms with Crippen molar-refractivity contribution in [3.8, 4) is 0 Å². The lowest BCUT2D eigenvalue weighted by molar-refractivity contribution is 1.08. The molecule has 0 aliphatic heterocycles. The van der Waals surface area contributed by atoms with Crippen LogP contribution in [-0.2, 0) is 13.1 Å². The lowest BCUT2D eigenvalue weighted by Gasteiger charge is -2.25. The molecule has 0 N–H and O–H groups in total. The van der Waals surface area contributed by atoms with Gasteiger partial charge in [-0.15, -0.1) is 0 Å². The smallest absolute Gasteiger partial charge is 0.0639 e. The Kier molecular flexibility index (Phi) is 7.95. The predicted octanol–water partition coefficient (Wildman–Crippen LogP) is 8.39. The second kappa shape index (κ2) is 12.3. The van der Waals surface area contributed by atoms with E-state index in [4.69, 9.17) is 0 Å². The van der Waals surface area contributed by atoms with E-state index in [2.05, 4.69) is 112 Å². The molecule has 0 heterocycles. The topological polar surface area (TPSA) is 28.0 Å². The Bertz CT molecular complexity index is 1330. The lowest BCUT2D eigenvalue weighted by Crippen LogP contribution is -2.09. The molecule has 3 nitrogen and oxygen atoms in total. The number of hydrogen-bond donors (Lipinski definition) is 0. The molecule has 37 heavy (non-hydrogen) atoms. The summed E-state index contributed by atoms with van der Waals surface area (Å²) >= 11 is 0. The van der Waals surface area contributed by atoms with E-state index in [-0.39, 0.29) is 0 Å². The molecule has 0 saturated carbocycles. The molecular weight excluding hydrogens is 450 g/mol. The third kappa shape index (κ3) is 6.68. The van der Waals surface area contributed by atoms with Crippen molar-refractivity contribution in [3.05, 3.63) is 162 Å². The van der Waals surface area contributed by atoms with Crippen LogP contribution >= 0.6 is 0 Å². The highest BCUT2D eigenvalue weighted by molar-refractivity contribution is 5.84. The Labute approximate surface area is 219 Å². The molecule has 0 aliphatic carbocycles. The summed E-state index contributed by atoms with van der Waals surface area (Å²) in [5.41, 5.74) is 7.88. The van der Waals surface area contributed by atoms with Crippen LogP contribution in [0.25, 0.3) is 0 Å². The van der Waals surface area contributed by atoms with Gasteiger partial charge in [-0.05, 0) is 58.7 Å². The molecule has 0 aliphatic rings. The summed E-state index contributed by atoms with van der Waals surface area (Å²) in [4.78, 5) is 11.5. The molecule has 0 saturated heterocycles. The van der Waals surface area contributed by atoms with Gasteiger partial charge in [-0.2, -0.15) is 0 Å². The number of rotatable bonds is 9. The van der Waals surface area contributed by atoms with E-state index in [0.717, 1.165) is 28.2 Å². The van der Waals surface area contributed by atoms with Crippen LogP contribution in [0.5, 0.6) is 0 Å². The number of anilines is 3. The molecule has 0 amide bonds. The van der Waals surface area contributed by atoms with Crippen LogP contribution < -0.4 is 4.90 Å². The lowest BCUT2D eigenvalue weighted by atomic mass is 10.1. The SMILES string of the molecule is C(=NCc1ccccc1)c1ccc(N(c2ccccc2)c2ccc(C=NCc3ccccc3)cc2)cc1. The first kappa shape index (κ1) is 24.0. The van der Waals surface area contributed by atoms with Crippen molar-refractivity contribution in [2.45, 2.75) is 13.1 Å². The molecule has 0 spiro atoms. The van der Waals surface area contributed by atoms with E-state index in [1.54, 1.807) is 0 Å². The van der Waals surface area contributed by atoms with E-state index < -0.39 is 0 Å². The predicted molar refractivity (Wildman–Crippen MR) is 157 cm³/mol. The minimum absolute atomic E-state index is 0.680. The van der Waals surface area contributed by atoms with E-state index >= 15 is 0 Å². The summed E-state index contributed by atoms with van der Waals surface area (Å²) in [6.45, 7) is 1.36. The van der Waals surface area contributed by atoms with Gasteiger partial charge >= 0.3 is 0 Å². The third-order valence-electron chi connectivity index (χ3n) is 6.03. The van der Waals surface area contributed by atoms with Crippen LogP contribution in [0.1, 0.15) is 22.3 Å². The molecule has 5 aromatic carbocycles. The number of para-hydroxylation sites is 1. The normalized spacial score (nSPS) is 11.2. The maximum atomic E-state index is 4.61. The van der Waals surface area contributed by atoms with Gasteiger partial charge in [0.25, 0.3) is 0 Å². The molecule has 0 radical (unpaired) electrons. The summed E-state index contributed by atoms with van der Waals surface area (Å²) in [6.07, 6.45) is 3.88. The van der Waals surface area contributed by atoms with Crippen molar-refractivity contribution in [1.29, 1.82) is 0 Å². The number of nitrogens with zero attached hydrogens (tertiary/aromatic N) is 3. The van der Waals surface area contributed by atoms with Gasteiger partial charge in [0.2, 0.25) is 0 Å². The first-order valence-electron chi connectivity index (χ1n) is 12.5. The standard InChI is InChI=1S/C34H29N3/c1-4-10-28(11-5-1)24-35-26-30-16-20-33(21-17-30)37(32-14-8-3-9-15-32)34-22-18-31(19-23-34)27-36-25-29-12-6-2-7-13-29/h1-23,26-27H,24-25H2. The van der Waals surface area contributed by atoms with Crippen molar-refractivity contribution in [3.63, 3.8) is 0 Å². The van der Waals surface area contributed by atoms with E-state index in [9.17, 15) is 0 Å². The molecule has 0 bridgehead atoms. The second-order valence-corrected chi connectivity index (χ2v) is 8.76. The van der Waals surface area contributed by atoms with Crippen LogP contribution in [0.2, 0.25) is 0 Å². The molecule has 0 unspecified atom stereocenters. The van der Waals surface area contributed by atoms with Gasteiger partial charge in [-0.3, -0.25) is 9.98 Å². The van der Waals surface area contributed by atoms with Crippen molar-refractivity contribution in [2.24, 2.45) is 9.98 Å². The highest BCUT2D eigenvalue weighted by atomic mass is 15.1. The zero-order valence-electron chi connectivity index (χ0n) is 20.7. The third-order valence-corrected chi connectivity index (χ3v) is 6.03. The quantitative estimate of drug-likeness (QED) is 0.195. The van der Waals surface area contributed by atoms with Gasteiger partial charge in [0.15, 0.2) is 0 Å². The largest absolute Gasteiger partial charge is 0.311 e. The maximum absolute atomic E-state index is 4.61. The minimum atomic E-state index is 0.680. The highest BCUT2D eigenvalue weighted by Gasteiger charge is 2.11. The van der Waals surface area contributed by atoms with Gasteiger partial charge in [0.1, 0.15) is 0 Å². The first-order valence-corrected chi connectivity index (χ1v) is 12.5. The van der Waals surface area contributed by atoms with Crippen LogP contribution in [-0.4, -0.2) is 12.4 Å². The number of hydrogen-bond acceptors (Lipinski definition) is 3. The number of benzene rings is 5. The van der Waals surface area contributed by atoms with Gasteiger partial charge < -0.3 is 4.90 Å². The molecule has 0 aromatic heterocycles. The zero-order valence-corrected chi connectivity index (χ0v) is 20.7. The van der Waals surface area contributed by atoms with Gasteiger partial charge in [-0.1, -0.05) is 103 Å². The van der Waals surface area contributed by atoms with Crippen LogP contribution in [0.4, 0.5) is 17.1 Å².